The molecule has 1 aliphatic rings. The van der Waals surface area contributed by atoms with Gasteiger partial charge in [0, 0.05) is 42.5 Å². The summed E-state index contributed by atoms with van der Waals surface area (Å²) >= 11 is 0. The number of amides is 1. The van der Waals surface area contributed by atoms with Gasteiger partial charge >= 0.3 is 0 Å². The molecule has 1 aromatic heterocycles. The molecule has 2 N–H and O–H groups in total. The molecule has 2 heterocycles. The maximum atomic E-state index is 13.1. The first-order chi connectivity index (χ1) is 12.7. The summed E-state index contributed by atoms with van der Waals surface area (Å²) in [5, 5.41) is 10.4. The van der Waals surface area contributed by atoms with Gasteiger partial charge in [-0.25, -0.2) is 0 Å². The monoisotopic (exact) mass is 348 g/mol. The molecule has 0 fully saturated rings. The van der Waals surface area contributed by atoms with E-state index in [1.165, 1.54) is 0 Å². The smallest absolute Gasteiger partial charge is 0.256 e. The maximum Gasteiger partial charge on any atom is 0.256 e. The van der Waals surface area contributed by atoms with E-state index in [1.54, 1.807) is 13.3 Å². The molecule has 3 aromatic rings. The van der Waals surface area contributed by atoms with Crippen LogP contribution in [0.1, 0.15) is 21.6 Å². The third-order valence-electron chi connectivity index (χ3n) is 4.59. The van der Waals surface area contributed by atoms with Crippen molar-refractivity contribution >= 4 is 17.3 Å². The molecule has 0 saturated heterocycles. The predicted molar refractivity (Wildman–Crippen MR) is 99.8 cm³/mol. The number of aromatic amines is 1. The number of hydrogen-bond acceptors (Lipinski definition) is 4. The number of ether oxygens (including phenoxy) is 1. The van der Waals surface area contributed by atoms with E-state index >= 15 is 0 Å². The summed E-state index contributed by atoms with van der Waals surface area (Å²) in [6.45, 7) is 1.26. The first-order valence-electron chi connectivity index (χ1n) is 8.55. The molecule has 2 aromatic carbocycles. The van der Waals surface area contributed by atoms with E-state index in [-0.39, 0.29) is 5.91 Å². The average Bonchev–Trinajstić information content (AvgIpc) is 3.16. The van der Waals surface area contributed by atoms with E-state index in [4.69, 9.17) is 4.74 Å². The van der Waals surface area contributed by atoms with Crippen molar-refractivity contribution in [1.82, 2.24) is 15.1 Å². The number of nitrogens with one attached hydrogen (secondary N) is 2. The predicted octanol–water partition coefficient (Wildman–Crippen LogP) is 3.36. The molecule has 1 aliphatic heterocycles. The van der Waals surface area contributed by atoms with Crippen LogP contribution >= 0.6 is 0 Å². The number of carbonyl (C=O) groups excluding carboxylic acids is 1. The van der Waals surface area contributed by atoms with E-state index < -0.39 is 0 Å². The molecule has 0 bridgehead atoms. The van der Waals surface area contributed by atoms with Crippen molar-refractivity contribution < 1.29 is 9.53 Å². The van der Waals surface area contributed by atoms with Crippen LogP contribution in [0.2, 0.25) is 0 Å². The number of nitrogens with zero attached hydrogens (tertiary/aromatic N) is 2. The summed E-state index contributed by atoms with van der Waals surface area (Å²) in [4.78, 5) is 15.0. The number of anilines is 2. The number of para-hydroxylation sites is 1. The summed E-state index contributed by atoms with van der Waals surface area (Å²) in [6, 6.07) is 15.2. The number of fused-ring (bicyclic) bond motifs is 1. The lowest BCUT2D eigenvalue weighted by molar-refractivity contribution is 0.0735. The minimum Gasteiger partial charge on any atom is -0.497 e. The highest BCUT2D eigenvalue weighted by molar-refractivity contribution is 6.00. The quantitative estimate of drug-likeness (QED) is 0.758. The first-order valence-corrected chi connectivity index (χ1v) is 8.55. The number of rotatable bonds is 4. The zero-order chi connectivity index (χ0) is 17.9. The number of benzene rings is 2. The van der Waals surface area contributed by atoms with E-state index in [0.29, 0.717) is 18.7 Å². The topological polar surface area (TPSA) is 70.2 Å². The molecule has 26 heavy (non-hydrogen) atoms. The van der Waals surface area contributed by atoms with E-state index in [0.717, 1.165) is 34.8 Å². The zero-order valence-corrected chi connectivity index (χ0v) is 14.5. The van der Waals surface area contributed by atoms with Gasteiger partial charge in [-0.3, -0.25) is 9.89 Å². The highest BCUT2D eigenvalue weighted by Gasteiger charge is 2.24. The van der Waals surface area contributed by atoms with Crippen LogP contribution in [-0.2, 0) is 13.0 Å². The Morgan fingerprint density at radius 2 is 2.12 bits per heavy atom. The van der Waals surface area contributed by atoms with Gasteiger partial charge in [-0.1, -0.05) is 18.2 Å². The van der Waals surface area contributed by atoms with Crippen molar-refractivity contribution in [2.45, 2.75) is 13.0 Å². The van der Waals surface area contributed by atoms with Gasteiger partial charge in [0.15, 0.2) is 0 Å². The molecule has 0 radical (unpaired) electrons. The summed E-state index contributed by atoms with van der Waals surface area (Å²) in [7, 11) is 1.64. The number of aromatic nitrogens is 2. The number of H-pyrrole nitrogens is 1. The van der Waals surface area contributed by atoms with E-state index in [1.807, 2.05) is 53.4 Å². The Morgan fingerprint density at radius 1 is 1.23 bits per heavy atom. The third kappa shape index (κ3) is 3.13. The van der Waals surface area contributed by atoms with Gasteiger partial charge < -0.3 is 15.0 Å². The van der Waals surface area contributed by atoms with Crippen LogP contribution in [0, 0.1) is 0 Å². The van der Waals surface area contributed by atoms with Crippen molar-refractivity contribution in [2.75, 3.05) is 19.0 Å². The highest BCUT2D eigenvalue weighted by atomic mass is 16.5. The third-order valence-corrected chi connectivity index (χ3v) is 4.59. The molecule has 0 unspecified atom stereocenters. The summed E-state index contributed by atoms with van der Waals surface area (Å²) in [5.74, 6) is 0.783. The molecule has 0 aliphatic carbocycles. The molecular formula is C20H20N4O2. The molecular weight excluding hydrogens is 328 g/mol. The van der Waals surface area contributed by atoms with Crippen molar-refractivity contribution in [3.05, 3.63) is 71.5 Å². The zero-order valence-electron chi connectivity index (χ0n) is 14.5. The van der Waals surface area contributed by atoms with E-state index in [2.05, 4.69) is 15.5 Å². The first kappa shape index (κ1) is 16.2. The van der Waals surface area contributed by atoms with Gasteiger partial charge in [0.05, 0.1) is 24.6 Å². The Hall–Kier alpha value is -3.28. The Morgan fingerprint density at radius 3 is 3.00 bits per heavy atom. The number of carbonyl (C=O) groups is 1. The Bertz CT molecular complexity index is 935. The molecule has 0 atom stereocenters. The van der Waals surface area contributed by atoms with Gasteiger partial charge in [-0.2, -0.15) is 5.10 Å². The fourth-order valence-electron chi connectivity index (χ4n) is 3.20. The minimum atomic E-state index is 0.0165. The summed E-state index contributed by atoms with van der Waals surface area (Å²) in [6.07, 6.45) is 2.60. The van der Waals surface area contributed by atoms with Crippen molar-refractivity contribution in [2.24, 2.45) is 0 Å². The molecule has 6 nitrogen and oxygen atoms in total. The van der Waals surface area contributed by atoms with Crippen LogP contribution in [0.5, 0.6) is 5.75 Å². The summed E-state index contributed by atoms with van der Waals surface area (Å²) < 4.78 is 5.27. The maximum absolute atomic E-state index is 13.1. The summed E-state index contributed by atoms with van der Waals surface area (Å²) in [5.41, 5.74) is 4.52. The lowest BCUT2D eigenvalue weighted by atomic mass is 10.1. The van der Waals surface area contributed by atoms with Crippen LogP contribution < -0.4 is 10.1 Å². The fourth-order valence-corrected chi connectivity index (χ4v) is 3.20. The average molecular weight is 348 g/mol. The molecule has 0 saturated carbocycles. The van der Waals surface area contributed by atoms with Crippen LogP contribution in [-0.4, -0.2) is 34.7 Å². The van der Waals surface area contributed by atoms with Gasteiger partial charge in [0.25, 0.3) is 5.91 Å². The minimum absolute atomic E-state index is 0.0165. The molecule has 132 valence electrons. The van der Waals surface area contributed by atoms with Crippen LogP contribution in [0.25, 0.3) is 0 Å². The lowest BCUT2D eigenvalue weighted by Crippen LogP contribution is -2.36. The van der Waals surface area contributed by atoms with Crippen LogP contribution in [0.4, 0.5) is 11.4 Å². The highest BCUT2D eigenvalue weighted by Crippen LogP contribution is 2.26. The van der Waals surface area contributed by atoms with Crippen molar-refractivity contribution in [1.29, 1.82) is 0 Å². The van der Waals surface area contributed by atoms with Gasteiger partial charge in [0.1, 0.15) is 5.75 Å². The van der Waals surface area contributed by atoms with Crippen LogP contribution in [0.15, 0.2) is 54.7 Å². The van der Waals surface area contributed by atoms with Gasteiger partial charge in [-0.05, 0) is 24.3 Å². The molecule has 1 amide bonds. The van der Waals surface area contributed by atoms with Crippen molar-refractivity contribution in [3.63, 3.8) is 0 Å². The Kier molecular flexibility index (Phi) is 4.31. The second-order valence-electron chi connectivity index (χ2n) is 6.25. The Labute approximate surface area is 151 Å². The second-order valence-corrected chi connectivity index (χ2v) is 6.25. The normalized spacial score (nSPS) is 13.2. The molecule has 6 heteroatoms. The standard InChI is InChI=1S/C20H20N4O2/c1-26-16-6-4-5-15(11-16)22-19-8-3-2-7-17(19)20(25)24-10-9-18-14(13-24)12-21-23-18/h2-8,11-12,22H,9-10,13H2,1H3,(H,21,23). The fraction of sp³-hybridized carbons (Fsp3) is 0.200. The SMILES string of the molecule is COc1cccc(Nc2ccccc2C(=O)N2CCc3[nH]ncc3C2)c1. The Balaban J connectivity index is 1.58. The molecule has 4 rings (SSSR count). The van der Waals surface area contributed by atoms with E-state index in [9.17, 15) is 4.79 Å². The van der Waals surface area contributed by atoms with Crippen molar-refractivity contribution in [3.8, 4) is 5.75 Å². The largest absolute Gasteiger partial charge is 0.497 e. The number of hydrogen-bond donors (Lipinski definition) is 2. The molecule has 0 spiro atoms. The number of methoxy groups -OCH3 is 1. The van der Waals surface area contributed by atoms with Crippen LogP contribution in [0.3, 0.4) is 0 Å². The lowest BCUT2D eigenvalue weighted by Gasteiger charge is -2.27. The van der Waals surface area contributed by atoms with Gasteiger partial charge in [-0.15, -0.1) is 0 Å². The van der Waals surface area contributed by atoms with Gasteiger partial charge in [0.2, 0.25) is 0 Å². The second kappa shape index (κ2) is 6.92.